The summed E-state index contributed by atoms with van der Waals surface area (Å²) in [5.41, 5.74) is 4.96. The molecule has 0 spiro atoms. The minimum Gasteiger partial charge on any atom is -0.271 e. The summed E-state index contributed by atoms with van der Waals surface area (Å²) in [5, 5.41) is 1.34. The predicted octanol–water partition coefficient (Wildman–Crippen LogP) is 4.37. The lowest BCUT2D eigenvalue weighted by atomic mass is 9.99. The first-order valence-electron chi connectivity index (χ1n) is 6.24. The number of rotatable bonds is 5. The third kappa shape index (κ3) is 3.96. The van der Waals surface area contributed by atoms with Gasteiger partial charge in [-0.15, -0.1) is 0 Å². The fraction of sp³-hybridized carbons (Fsp3) is 0.200. The molecule has 0 heterocycles. The topological polar surface area (TPSA) is 38.0 Å². The van der Waals surface area contributed by atoms with Crippen LogP contribution in [0.5, 0.6) is 0 Å². The van der Waals surface area contributed by atoms with Crippen molar-refractivity contribution in [2.45, 2.75) is 18.9 Å². The average Bonchev–Trinajstić information content (AvgIpc) is 2.44. The molecule has 0 amide bonds. The van der Waals surface area contributed by atoms with Crippen molar-refractivity contribution in [3.63, 3.8) is 0 Å². The van der Waals surface area contributed by atoms with E-state index in [9.17, 15) is 0 Å². The predicted molar refractivity (Wildman–Crippen MR) is 89.1 cm³/mol. The summed E-state index contributed by atoms with van der Waals surface area (Å²) < 4.78 is 1.07. The summed E-state index contributed by atoms with van der Waals surface area (Å²) in [6.07, 6.45) is 1.47. The van der Waals surface area contributed by atoms with Crippen molar-refractivity contribution in [2.24, 2.45) is 5.84 Å². The van der Waals surface area contributed by atoms with Gasteiger partial charge in [-0.05, 0) is 42.2 Å². The molecule has 2 aromatic rings. The monoisotopic (exact) mass is 372 g/mol. The molecule has 0 aliphatic heterocycles. The van der Waals surface area contributed by atoms with Gasteiger partial charge in [0.05, 0.1) is 0 Å². The zero-order valence-electron chi connectivity index (χ0n) is 10.7. The van der Waals surface area contributed by atoms with Crippen LogP contribution in [0.15, 0.2) is 46.9 Å². The Bertz CT molecular complexity index is 570. The van der Waals surface area contributed by atoms with Crippen molar-refractivity contribution in [1.29, 1.82) is 0 Å². The van der Waals surface area contributed by atoms with E-state index in [-0.39, 0.29) is 6.04 Å². The van der Waals surface area contributed by atoms with E-state index >= 15 is 0 Å². The molecule has 3 N–H and O–H groups in total. The molecular formula is C15H15BrCl2N2. The average molecular weight is 374 g/mol. The van der Waals surface area contributed by atoms with E-state index < -0.39 is 0 Å². The van der Waals surface area contributed by atoms with Crippen LogP contribution in [0.3, 0.4) is 0 Å². The first kappa shape index (κ1) is 15.8. The minimum atomic E-state index is 0.0612. The van der Waals surface area contributed by atoms with Gasteiger partial charge < -0.3 is 0 Å². The van der Waals surface area contributed by atoms with Crippen LogP contribution in [-0.4, -0.2) is 6.04 Å². The molecule has 1 atom stereocenters. The largest absolute Gasteiger partial charge is 0.271 e. The summed E-state index contributed by atoms with van der Waals surface area (Å²) in [6.45, 7) is 0. The fourth-order valence-corrected chi connectivity index (χ4v) is 3.09. The van der Waals surface area contributed by atoms with Gasteiger partial charge in [0.1, 0.15) is 0 Å². The van der Waals surface area contributed by atoms with Crippen LogP contribution in [0, 0.1) is 0 Å². The van der Waals surface area contributed by atoms with Crippen LogP contribution in [0.25, 0.3) is 0 Å². The Morgan fingerprint density at radius 3 is 2.25 bits per heavy atom. The molecule has 0 saturated heterocycles. The smallest absolute Gasteiger partial charge is 0.0453 e. The number of halogens is 3. The molecule has 0 aliphatic carbocycles. The molecule has 0 radical (unpaired) electrons. The Kier molecular flexibility index (Phi) is 5.87. The van der Waals surface area contributed by atoms with Crippen LogP contribution in [0.1, 0.15) is 11.1 Å². The lowest BCUT2D eigenvalue weighted by Crippen LogP contribution is -2.38. The molecule has 5 heteroatoms. The van der Waals surface area contributed by atoms with Crippen LogP contribution in [-0.2, 0) is 12.8 Å². The summed E-state index contributed by atoms with van der Waals surface area (Å²) in [7, 11) is 0. The van der Waals surface area contributed by atoms with Crippen LogP contribution in [0.2, 0.25) is 10.0 Å². The third-order valence-electron chi connectivity index (χ3n) is 3.17. The van der Waals surface area contributed by atoms with Crippen molar-refractivity contribution in [2.75, 3.05) is 0 Å². The molecule has 1 unspecified atom stereocenters. The minimum absolute atomic E-state index is 0.0612. The van der Waals surface area contributed by atoms with Crippen LogP contribution >= 0.6 is 39.1 Å². The van der Waals surface area contributed by atoms with Gasteiger partial charge >= 0.3 is 0 Å². The van der Waals surface area contributed by atoms with Gasteiger partial charge in [-0.3, -0.25) is 11.3 Å². The fourth-order valence-electron chi connectivity index (χ4n) is 2.09. The quantitative estimate of drug-likeness (QED) is 0.603. The maximum Gasteiger partial charge on any atom is 0.0453 e. The van der Waals surface area contributed by atoms with E-state index in [4.69, 9.17) is 29.0 Å². The van der Waals surface area contributed by atoms with E-state index in [1.807, 2.05) is 36.4 Å². The molecule has 20 heavy (non-hydrogen) atoms. The molecule has 2 aromatic carbocycles. The Balaban J connectivity index is 2.16. The van der Waals surface area contributed by atoms with Gasteiger partial charge in [0.25, 0.3) is 0 Å². The highest BCUT2D eigenvalue weighted by Gasteiger charge is 2.14. The number of hydrogen-bond donors (Lipinski definition) is 2. The molecule has 106 valence electrons. The molecule has 0 bridgehead atoms. The van der Waals surface area contributed by atoms with Gasteiger partial charge in [-0.2, -0.15) is 0 Å². The zero-order valence-corrected chi connectivity index (χ0v) is 13.8. The summed E-state index contributed by atoms with van der Waals surface area (Å²) >= 11 is 16.0. The van der Waals surface area contributed by atoms with E-state index in [1.54, 1.807) is 0 Å². The molecule has 0 fully saturated rings. The number of nitrogens with one attached hydrogen (secondary N) is 1. The molecule has 2 nitrogen and oxygen atoms in total. The molecular weight excluding hydrogens is 359 g/mol. The van der Waals surface area contributed by atoms with Crippen LogP contribution in [0.4, 0.5) is 0 Å². The number of nitrogens with two attached hydrogens (primary N) is 1. The highest BCUT2D eigenvalue weighted by molar-refractivity contribution is 9.10. The summed E-state index contributed by atoms with van der Waals surface area (Å²) in [6, 6.07) is 13.7. The number of hydrogen-bond acceptors (Lipinski definition) is 2. The highest BCUT2D eigenvalue weighted by Crippen LogP contribution is 2.26. The standard InChI is InChI=1S/C15H15BrCl2N2/c16-13-5-2-1-4-10(13)8-11(20-19)9-12-14(17)6-3-7-15(12)18/h1-7,11,20H,8-9,19H2. The Labute approximate surface area is 137 Å². The second-order valence-corrected chi connectivity index (χ2v) is 6.23. The maximum atomic E-state index is 6.20. The second kappa shape index (κ2) is 7.43. The first-order chi connectivity index (χ1) is 9.61. The van der Waals surface area contributed by atoms with Crippen molar-refractivity contribution < 1.29 is 0 Å². The molecule has 0 aromatic heterocycles. The van der Waals surface area contributed by atoms with E-state index in [1.165, 1.54) is 5.56 Å². The Morgan fingerprint density at radius 1 is 1.00 bits per heavy atom. The van der Waals surface area contributed by atoms with Crippen molar-refractivity contribution >= 4 is 39.1 Å². The SMILES string of the molecule is NNC(Cc1ccccc1Br)Cc1c(Cl)cccc1Cl. The van der Waals surface area contributed by atoms with Crippen LogP contribution < -0.4 is 11.3 Å². The van der Waals surface area contributed by atoms with E-state index in [0.717, 1.165) is 16.5 Å². The lowest BCUT2D eigenvalue weighted by Gasteiger charge is -2.18. The second-order valence-electron chi connectivity index (χ2n) is 4.56. The maximum absolute atomic E-state index is 6.20. The lowest BCUT2D eigenvalue weighted by molar-refractivity contribution is 0.522. The first-order valence-corrected chi connectivity index (χ1v) is 7.79. The number of hydrazine groups is 1. The summed E-state index contributed by atoms with van der Waals surface area (Å²) in [5.74, 6) is 5.67. The van der Waals surface area contributed by atoms with Gasteiger partial charge in [0.15, 0.2) is 0 Å². The zero-order chi connectivity index (χ0) is 14.5. The van der Waals surface area contributed by atoms with Crippen molar-refractivity contribution in [3.05, 3.63) is 68.1 Å². The van der Waals surface area contributed by atoms with Gasteiger partial charge in [-0.25, -0.2) is 0 Å². The van der Waals surface area contributed by atoms with Crippen molar-refractivity contribution in [3.8, 4) is 0 Å². The summed E-state index contributed by atoms with van der Waals surface area (Å²) in [4.78, 5) is 0. The van der Waals surface area contributed by atoms with E-state index in [2.05, 4.69) is 27.4 Å². The third-order valence-corrected chi connectivity index (χ3v) is 4.65. The van der Waals surface area contributed by atoms with Crippen molar-refractivity contribution in [1.82, 2.24) is 5.43 Å². The Hall–Kier alpha value is -0.580. The Morgan fingerprint density at radius 2 is 1.65 bits per heavy atom. The molecule has 2 rings (SSSR count). The van der Waals surface area contributed by atoms with E-state index in [0.29, 0.717) is 16.5 Å². The van der Waals surface area contributed by atoms with Gasteiger partial charge in [0, 0.05) is 20.6 Å². The molecule has 0 aliphatic rings. The van der Waals surface area contributed by atoms with Gasteiger partial charge in [-0.1, -0.05) is 63.4 Å². The number of benzene rings is 2. The molecule has 0 saturated carbocycles. The normalized spacial score (nSPS) is 12.4. The highest BCUT2D eigenvalue weighted by atomic mass is 79.9. The van der Waals surface area contributed by atoms with Gasteiger partial charge in [0.2, 0.25) is 0 Å².